The van der Waals surface area contributed by atoms with Crippen LogP contribution >= 0.6 is 0 Å². The lowest BCUT2D eigenvalue weighted by atomic mass is 10.1. The summed E-state index contributed by atoms with van der Waals surface area (Å²) in [5, 5.41) is 20.8. The highest BCUT2D eigenvalue weighted by atomic mass is 16.4. The minimum atomic E-state index is -1.75. The van der Waals surface area contributed by atoms with Gasteiger partial charge in [-0.15, -0.1) is 0 Å². The van der Waals surface area contributed by atoms with E-state index < -0.39 is 11.6 Å². The van der Waals surface area contributed by atoms with Crippen LogP contribution in [0.2, 0.25) is 0 Å². The van der Waals surface area contributed by atoms with E-state index in [1.165, 1.54) is 6.92 Å². The lowest BCUT2D eigenvalue weighted by Gasteiger charge is -2.17. The molecule has 0 amide bonds. The molecule has 3 N–H and O–H groups in total. The summed E-state index contributed by atoms with van der Waals surface area (Å²) in [5.41, 5.74) is -1.75. The minimum absolute atomic E-state index is 0.0257. The van der Waals surface area contributed by atoms with Gasteiger partial charge in [-0.25, -0.2) is 4.79 Å². The number of nitrogens with one attached hydrogen (secondary N) is 1. The van der Waals surface area contributed by atoms with Crippen molar-refractivity contribution < 1.29 is 19.4 Å². The van der Waals surface area contributed by atoms with Crippen molar-refractivity contribution in [2.24, 2.45) is 0 Å². The van der Waals surface area contributed by atoms with Gasteiger partial charge in [0.2, 0.25) is 0 Å². The van der Waals surface area contributed by atoms with Gasteiger partial charge in [-0.3, -0.25) is 0 Å². The van der Waals surface area contributed by atoms with E-state index in [0.717, 1.165) is 5.76 Å². The van der Waals surface area contributed by atoms with Crippen molar-refractivity contribution in [2.75, 3.05) is 6.54 Å². The van der Waals surface area contributed by atoms with Gasteiger partial charge in [0, 0.05) is 6.54 Å². The molecule has 0 aliphatic rings. The molecule has 5 nitrogen and oxygen atoms in total. The third-order valence-electron chi connectivity index (χ3n) is 2.03. The van der Waals surface area contributed by atoms with E-state index in [9.17, 15) is 9.90 Å². The van der Waals surface area contributed by atoms with Gasteiger partial charge in [0.25, 0.3) is 0 Å². The van der Waals surface area contributed by atoms with E-state index in [1.807, 2.05) is 13.0 Å². The van der Waals surface area contributed by atoms with Crippen LogP contribution in [0.1, 0.15) is 18.4 Å². The number of carbonyl (C=O) groups is 1. The number of aliphatic carboxylic acids is 1. The number of aliphatic hydroxyl groups is 1. The predicted molar refractivity (Wildman–Crippen MR) is 53.4 cm³/mol. The Labute approximate surface area is 87.7 Å². The molecule has 1 aromatic rings. The average Bonchev–Trinajstić information content (AvgIpc) is 2.51. The monoisotopic (exact) mass is 213 g/mol. The molecule has 0 spiro atoms. The summed E-state index contributed by atoms with van der Waals surface area (Å²) in [5.74, 6) is 0.274. The first-order valence-electron chi connectivity index (χ1n) is 4.63. The standard InChI is InChI=1S/C10H15NO4/c1-7-3-4-8(15-7)5-11-6-10(2,14)9(12)13/h3-4,11,14H,5-6H2,1-2H3,(H,12,13). The summed E-state index contributed by atoms with van der Waals surface area (Å²) in [6, 6.07) is 3.63. The fourth-order valence-electron chi connectivity index (χ4n) is 1.08. The molecule has 0 aliphatic carbocycles. The summed E-state index contributed by atoms with van der Waals surface area (Å²) in [6.07, 6.45) is 0. The van der Waals surface area contributed by atoms with Gasteiger partial charge in [0.1, 0.15) is 11.5 Å². The summed E-state index contributed by atoms with van der Waals surface area (Å²) in [7, 11) is 0. The molecule has 1 atom stereocenters. The largest absolute Gasteiger partial charge is 0.479 e. The highest BCUT2D eigenvalue weighted by Crippen LogP contribution is 2.06. The second-order valence-corrected chi connectivity index (χ2v) is 3.69. The molecule has 1 rings (SSSR count). The third kappa shape index (κ3) is 3.38. The van der Waals surface area contributed by atoms with Gasteiger partial charge < -0.3 is 19.9 Å². The molecule has 0 radical (unpaired) electrons. The Morgan fingerprint density at radius 2 is 2.27 bits per heavy atom. The lowest BCUT2D eigenvalue weighted by molar-refractivity contribution is -0.156. The smallest absolute Gasteiger partial charge is 0.336 e. The first-order chi connectivity index (χ1) is 6.92. The van der Waals surface area contributed by atoms with Crippen LogP contribution in [0.5, 0.6) is 0 Å². The van der Waals surface area contributed by atoms with E-state index in [1.54, 1.807) is 6.07 Å². The Hall–Kier alpha value is -1.33. The molecular weight excluding hydrogens is 198 g/mol. The Kier molecular flexibility index (Phi) is 3.49. The minimum Gasteiger partial charge on any atom is -0.479 e. The zero-order valence-corrected chi connectivity index (χ0v) is 8.78. The van der Waals surface area contributed by atoms with E-state index >= 15 is 0 Å². The van der Waals surface area contributed by atoms with Gasteiger partial charge in [-0.1, -0.05) is 0 Å². The van der Waals surface area contributed by atoms with Gasteiger partial charge >= 0.3 is 5.97 Å². The molecule has 0 aliphatic heterocycles. The molecular formula is C10H15NO4. The number of aryl methyl sites for hydroxylation is 1. The Morgan fingerprint density at radius 1 is 1.60 bits per heavy atom. The normalized spacial score (nSPS) is 14.9. The van der Waals surface area contributed by atoms with Crippen LogP contribution in [-0.4, -0.2) is 28.3 Å². The van der Waals surface area contributed by atoms with Crippen LogP contribution < -0.4 is 5.32 Å². The number of hydrogen-bond acceptors (Lipinski definition) is 4. The van der Waals surface area contributed by atoms with Crippen molar-refractivity contribution in [1.29, 1.82) is 0 Å². The fourth-order valence-corrected chi connectivity index (χ4v) is 1.08. The Balaban J connectivity index is 2.36. The third-order valence-corrected chi connectivity index (χ3v) is 2.03. The average molecular weight is 213 g/mol. The van der Waals surface area contributed by atoms with Crippen LogP contribution in [0, 0.1) is 6.92 Å². The van der Waals surface area contributed by atoms with E-state index in [0.29, 0.717) is 12.3 Å². The van der Waals surface area contributed by atoms with E-state index in [-0.39, 0.29) is 6.54 Å². The number of rotatable bonds is 5. The van der Waals surface area contributed by atoms with Crippen LogP contribution in [0.3, 0.4) is 0 Å². The maximum absolute atomic E-state index is 10.6. The number of carboxylic acid groups (broad SMARTS) is 1. The van der Waals surface area contributed by atoms with Crippen molar-refractivity contribution in [1.82, 2.24) is 5.32 Å². The zero-order valence-electron chi connectivity index (χ0n) is 8.78. The van der Waals surface area contributed by atoms with Gasteiger partial charge in [-0.2, -0.15) is 0 Å². The molecule has 1 aromatic heterocycles. The second-order valence-electron chi connectivity index (χ2n) is 3.69. The second kappa shape index (κ2) is 4.46. The predicted octanol–water partition coefficient (Wildman–Crippen LogP) is 0.513. The molecule has 1 heterocycles. The van der Waals surface area contributed by atoms with Gasteiger partial charge in [0.15, 0.2) is 5.60 Å². The highest BCUT2D eigenvalue weighted by molar-refractivity contribution is 5.76. The Bertz CT molecular complexity index is 343. The molecule has 5 heteroatoms. The number of furan rings is 1. The van der Waals surface area contributed by atoms with Crippen molar-refractivity contribution in [3.63, 3.8) is 0 Å². The van der Waals surface area contributed by atoms with Crippen LogP contribution in [0.15, 0.2) is 16.5 Å². The molecule has 84 valence electrons. The molecule has 0 bridgehead atoms. The van der Waals surface area contributed by atoms with Crippen LogP contribution in [0.25, 0.3) is 0 Å². The highest BCUT2D eigenvalue weighted by Gasteiger charge is 2.29. The van der Waals surface area contributed by atoms with Crippen LogP contribution in [0.4, 0.5) is 0 Å². The molecule has 0 saturated carbocycles. The topological polar surface area (TPSA) is 82.7 Å². The van der Waals surface area contributed by atoms with E-state index in [2.05, 4.69) is 5.32 Å². The molecule has 1 unspecified atom stereocenters. The van der Waals surface area contributed by atoms with Crippen molar-refractivity contribution >= 4 is 5.97 Å². The summed E-state index contributed by atoms with van der Waals surface area (Å²) < 4.78 is 5.27. The molecule has 0 fully saturated rings. The van der Waals surface area contributed by atoms with Crippen molar-refractivity contribution in [3.8, 4) is 0 Å². The fraction of sp³-hybridized carbons (Fsp3) is 0.500. The maximum Gasteiger partial charge on any atom is 0.336 e. The zero-order chi connectivity index (χ0) is 11.5. The molecule has 15 heavy (non-hydrogen) atoms. The lowest BCUT2D eigenvalue weighted by Crippen LogP contribution is -2.44. The van der Waals surface area contributed by atoms with Gasteiger partial charge in [0.05, 0.1) is 6.54 Å². The number of carboxylic acids is 1. The first-order valence-corrected chi connectivity index (χ1v) is 4.63. The molecule has 0 saturated heterocycles. The SMILES string of the molecule is Cc1ccc(CNCC(C)(O)C(=O)O)o1. The van der Waals surface area contributed by atoms with Gasteiger partial charge in [-0.05, 0) is 26.0 Å². The van der Waals surface area contributed by atoms with Crippen LogP contribution in [-0.2, 0) is 11.3 Å². The van der Waals surface area contributed by atoms with E-state index in [4.69, 9.17) is 9.52 Å². The Morgan fingerprint density at radius 3 is 2.73 bits per heavy atom. The summed E-state index contributed by atoms with van der Waals surface area (Å²) in [4.78, 5) is 10.6. The first kappa shape index (κ1) is 11.7. The quantitative estimate of drug-likeness (QED) is 0.664. The summed E-state index contributed by atoms with van der Waals surface area (Å²) >= 11 is 0. The summed E-state index contributed by atoms with van der Waals surface area (Å²) in [6.45, 7) is 3.45. The number of hydrogen-bond donors (Lipinski definition) is 3. The molecule has 0 aromatic carbocycles. The van der Waals surface area contributed by atoms with Crippen molar-refractivity contribution in [3.05, 3.63) is 23.7 Å². The van der Waals surface area contributed by atoms with Crippen molar-refractivity contribution in [2.45, 2.75) is 26.0 Å². The maximum atomic E-state index is 10.6.